The van der Waals surface area contributed by atoms with Crippen LogP contribution < -0.4 is 16.0 Å². The molecule has 0 heterocycles. The Hall–Kier alpha value is -1.50. The molecule has 1 aliphatic rings. The average Bonchev–Trinajstić information content (AvgIpc) is 3.17. The van der Waals surface area contributed by atoms with E-state index in [4.69, 9.17) is 28.9 Å². The van der Waals surface area contributed by atoms with E-state index in [0.717, 1.165) is 30.5 Å². The molecule has 1 amide bonds. The van der Waals surface area contributed by atoms with E-state index in [1.807, 2.05) is 24.3 Å². The standard InChI is InChI=1S/C20H29Cl2N3O3/c21-7-9-25(10-8-22)17-5-2-14(3-6-17)12-18(20(27)28)24-19(26)16-4-1-15(11-16)13-23/h2-3,5-6,15-16,18H,1,4,7-13,23H2,(H,24,26)(H,27,28). The van der Waals surface area contributed by atoms with Gasteiger partial charge in [0.2, 0.25) is 5.91 Å². The van der Waals surface area contributed by atoms with E-state index in [2.05, 4.69) is 10.2 Å². The highest BCUT2D eigenvalue weighted by Crippen LogP contribution is 2.30. The monoisotopic (exact) mass is 429 g/mol. The molecule has 0 aliphatic heterocycles. The van der Waals surface area contributed by atoms with Crippen LogP contribution in [0, 0.1) is 11.8 Å². The lowest BCUT2D eigenvalue weighted by atomic mass is 10.0. The van der Waals surface area contributed by atoms with Gasteiger partial charge in [0.25, 0.3) is 0 Å². The topological polar surface area (TPSA) is 95.7 Å². The number of benzene rings is 1. The number of carboxylic acid groups (broad SMARTS) is 1. The minimum absolute atomic E-state index is 0.141. The summed E-state index contributed by atoms with van der Waals surface area (Å²) in [5.74, 6) is -0.00408. The summed E-state index contributed by atoms with van der Waals surface area (Å²) in [6, 6.07) is 6.67. The third-order valence-corrected chi connectivity index (χ3v) is 5.65. The number of amides is 1. The van der Waals surface area contributed by atoms with Crippen molar-refractivity contribution in [3.63, 3.8) is 0 Å². The normalized spacial score (nSPS) is 20.0. The number of hydrogen-bond donors (Lipinski definition) is 3. The maximum Gasteiger partial charge on any atom is 0.326 e. The summed E-state index contributed by atoms with van der Waals surface area (Å²) in [6.07, 6.45) is 2.67. The number of anilines is 1. The molecule has 1 aliphatic carbocycles. The number of nitrogens with one attached hydrogen (secondary N) is 1. The number of halogens is 2. The Morgan fingerprint density at radius 1 is 1.18 bits per heavy atom. The largest absolute Gasteiger partial charge is 0.480 e. The van der Waals surface area contributed by atoms with Crippen LogP contribution in [0.3, 0.4) is 0 Å². The second kappa shape index (κ2) is 11.5. The number of aliphatic carboxylic acids is 1. The second-order valence-corrected chi connectivity index (χ2v) is 8.00. The number of alkyl halides is 2. The number of nitrogens with zero attached hydrogens (tertiary/aromatic N) is 1. The molecule has 156 valence electrons. The van der Waals surface area contributed by atoms with E-state index in [9.17, 15) is 14.7 Å². The first-order chi connectivity index (χ1) is 13.5. The summed E-state index contributed by atoms with van der Waals surface area (Å²) in [6.45, 7) is 1.95. The van der Waals surface area contributed by atoms with Crippen molar-refractivity contribution in [2.45, 2.75) is 31.7 Å². The molecule has 1 aromatic carbocycles. The molecule has 3 unspecified atom stereocenters. The molecule has 3 atom stereocenters. The molecule has 0 aromatic heterocycles. The minimum Gasteiger partial charge on any atom is -0.480 e. The van der Waals surface area contributed by atoms with E-state index in [1.54, 1.807) is 0 Å². The fourth-order valence-corrected chi connectivity index (χ4v) is 4.08. The first-order valence-corrected chi connectivity index (χ1v) is 10.7. The fourth-order valence-electron chi connectivity index (χ4n) is 3.67. The summed E-state index contributed by atoms with van der Waals surface area (Å²) >= 11 is 11.7. The maximum absolute atomic E-state index is 12.5. The van der Waals surface area contributed by atoms with Gasteiger partial charge in [0.15, 0.2) is 0 Å². The highest BCUT2D eigenvalue weighted by molar-refractivity contribution is 6.18. The van der Waals surface area contributed by atoms with Gasteiger partial charge in [-0.25, -0.2) is 4.79 Å². The Kier molecular flexibility index (Phi) is 9.35. The Morgan fingerprint density at radius 2 is 1.82 bits per heavy atom. The van der Waals surface area contributed by atoms with Crippen LogP contribution in [0.15, 0.2) is 24.3 Å². The molecule has 0 radical (unpaired) electrons. The molecule has 1 aromatic rings. The van der Waals surface area contributed by atoms with Crippen LogP contribution in [0.25, 0.3) is 0 Å². The SMILES string of the molecule is NCC1CCC(C(=O)NC(Cc2ccc(N(CCCl)CCCl)cc2)C(=O)O)C1. The molecule has 0 spiro atoms. The van der Waals surface area contributed by atoms with Crippen LogP contribution in [0.2, 0.25) is 0 Å². The van der Waals surface area contributed by atoms with Crippen LogP contribution in [-0.2, 0) is 16.0 Å². The summed E-state index contributed by atoms with van der Waals surface area (Å²) in [4.78, 5) is 26.2. The van der Waals surface area contributed by atoms with Crippen molar-refractivity contribution in [2.75, 3.05) is 36.3 Å². The molecule has 1 fully saturated rings. The smallest absolute Gasteiger partial charge is 0.326 e. The fraction of sp³-hybridized carbons (Fsp3) is 0.600. The molecule has 1 saturated carbocycles. The predicted molar refractivity (Wildman–Crippen MR) is 113 cm³/mol. The minimum atomic E-state index is -1.03. The molecule has 0 bridgehead atoms. The van der Waals surface area contributed by atoms with Crippen LogP contribution in [-0.4, -0.2) is 54.4 Å². The first-order valence-electron chi connectivity index (χ1n) is 9.67. The zero-order valence-electron chi connectivity index (χ0n) is 15.9. The number of carbonyl (C=O) groups is 2. The molecule has 2 rings (SSSR count). The van der Waals surface area contributed by atoms with Gasteiger partial charge in [0.05, 0.1) is 0 Å². The average molecular weight is 430 g/mol. The third-order valence-electron chi connectivity index (χ3n) is 5.31. The van der Waals surface area contributed by atoms with Gasteiger partial charge in [-0.15, -0.1) is 23.2 Å². The molecule has 0 saturated heterocycles. The van der Waals surface area contributed by atoms with Crippen LogP contribution >= 0.6 is 23.2 Å². The van der Waals surface area contributed by atoms with Gasteiger partial charge in [0, 0.05) is 42.9 Å². The lowest BCUT2D eigenvalue weighted by molar-refractivity contribution is -0.142. The lowest BCUT2D eigenvalue weighted by Crippen LogP contribution is -2.44. The van der Waals surface area contributed by atoms with Gasteiger partial charge in [-0.3, -0.25) is 4.79 Å². The first kappa shape index (κ1) is 22.8. The Bertz CT molecular complexity index is 636. The van der Waals surface area contributed by atoms with Crippen molar-refractivity contribution in [2.24, 2.45) is 17.6 Å². The van der Waals surface area contributed by atoms with Gasteiger partial charge < -0.3 is 21.1 Å². The zero-order valence-corrected chi connectivity index (χ0v) is 17.5. The quantitative estimate of drug-likeness (QED) is 0.469. The lowest BCUT2D eigenvalue weighted by Gasteiger charge is -2.23. The van der Waals surface area contributed by atoms with Crippen molar-refractivity contribution in [3.8, 4) is 0 Å². The van der Waals surface area contributed by atoms with Crippen molar-refractivity contribution in [1.29, 1.82) is 0 Å². The van der Waals surface area contributed by atoms with E-state index in [-0.39, 0.29) is 18.2 Å². The molecular formula is C20H29Cl2N3O3. The van der Waals surface area contributed by atoms with Gasteiger partial charge >= 0.3 is 5.97 Å². The highest BCUT2D eigenvalue weighted by atomic mass is 35.5. The van der Waals surface area contributed by atoms with Gasteiger partial charge in [-0.05, 0) is 49.4 Å². The number of hydrogen-bond acceptors (Lipinski definition) is 4. The molecular weight excluding hydrogens is 401 g/mol. The van der Waals surface area contributed by atoms with Gasteiger partial charge in [-0.2, -0.15) is 0 Å². The predicted octanol–water partition coefficient (Wildman–Crippen LogP) is 2.46. The Morgan fingerprint density at radius 3 is 2.32 bits per heavy atom. The van der Waals surface area contributed by atoms with Crippen molar-refractivity contribution < 1.29 is 14.7 Å². The highest BCUT2D eigenvalue weighted by Gasteiger charge is 2.31. The zero-order chi connectivity index (χ0) is 20.5. The number of rotatable bonds is 11. The Labute approximate surface area is 176 Å². The molecule has 8 heteroatoms. The summed E-state index contributed by atoms with van der Waals surface area (Å²) in [5.41, 5.74) is 7.51. The molecule has 28 heavy (non-hydrogen) atoms. The summed E-state index contributed by atoms with van der Waals surface area (Å²) in [5, 5.41) is 12.2. The number of carboxylic acids is 1. The Balaban J connectivity index is 1.98. The van der Waals surface area contributed by atoms with E-state index >= 15 is 0 Å². The molecule has 6 nitrogen and oxygen atoms in total. The van der Waals surface area contributed by atoms with E-state index in [1.165, 1.54) is 0 Å². The second-order valence-electron chi connectivity index (χ2n) is 7.25. The van der Waals surface area contributed by atoms with Gasteiger partial charge in [0.1, 0.15) is 6.04 Å². The number of nitrogens with two attached hydrogens (primary N) is 1. The van der Waals surface area contributed by atoms with Crippen molar-refractivity contribution in [3.05, 3.63) is 29.8 Å². The van der Waals surface area contributed by atoms with Crippen LogP contribution in [0.4, 0.5) is 5.69 Å². The summed E-state index contributed by atoms with van der Waals surface area (Å²) in [7, 11) is 0. The van der Waals surface area contributed by atoms with Crippen molar-refractivity contribution >= 4 is 40.8 Å². The third kappa shape index (κ3) is 6.54. The van der Waals surface area contributed by atoms with Crippen LogP contribution in [0.1, 0.15) is 24.8 Å². The molecule has 4 N–H and O–H groups in total. The van der Waals surface area contributed by atoms with E-state index < -0.39 is 12.0 Å². The summed E-state index contributed by atoms with van der Waals surface area (Å²) < 4.78 is 0. The van der Waals surface area contributed by atoms with E-state index in [0.29, 0.717) is 37.3 Å². The van der Waals surface area contributed by atoms with Crippen molar-refractivity contribution in [1.82, 2.24) is 5.32 Å². The van der Waals surface area contributed by atoms with Gasteiger partial charge in [-0.1, -0.05) is 12.1 Å². The maximum atomic E-state index is 12.5. The number of carbonyl (C=O) groups excluding carboxylic acids is 1. The van der Waals surface area contributed by atoms with Crippen LogP contribution in [0.5, 0.6) is 0 Å².